The van der Waals surface area contributed by atoms with Crippen LogP contribution in [-0.2, 0) is 23.7 Å². The van der Waals surface area contributed by atoms with Gasteiger partial charge >= 0.3 is 0 Å². The Kier molecular flexibility index (Phi) is 58.8. The highest BCUT2D eigenvalue weighted by Crippen LogP contribution is 2.30. The Morgan fingerprint density at radius 3 is 1.16 bits per heavy atom. The first-order valence-corrected chi connectivity index (χ1v) is 38.3. The van der Waals surface area contributed by atoms with Crippen molar-refractivity contribution in [2.45, 2.75) is 364 Å². The first-order chi connectivity index (χ1) is 46.6. The normalized spacial score (nSPS) is 23.1. The van der Waals surface area contributed by atoms with Crippen molar-refractivity contribution < 1.29 is 64.6 Å². The molecule has 0 radical (unpaired) electrons. The van der Waals surface area contributed by atoms with Gasteiger partial charge in [-0.3, -0.25) is 4.79 Å². The molecule has 2 aliphatic heterocycles. The van der Waals surface area contributed by atoms with Crippen LogP contribution in [-0.4, -0.2) is 140 Å². The summed E-state index contributed by atoms with van der Waals surface area (Å²) in [6.07, 6.45) is 76.9. The number of unbranched alkanes of at least 4 members (excludes halogenated alkanes) is 31. The van der Waals surface area contributed by atoms with E-state index in [0.29, 0.717) is 12.8 Å². The van der Waals surface area contributed by atoms with Crippen molar-refractivity contribution in [2.24, 2.45) is 0 Å². The van der Waals surface area contributed by atoms with E-state index in [2.05, 4.69) is 129 Å². The lowest BCUT2D eigenvalue weighted by atomic mass is 9.97. The summed E-state index contributed by atoms with van der Waals surface area (Å²) in [5.74, 6) is -0.266. The molecule has 1 amide bonds. The highest BCUT2D eigenvalue weighted by molar-refractivity contribution is 5.76. The number of aliphatic hydroxyl groups is 8. The third-order valence-electron chi connectivity index (χ3n) is 17.9. The van der Waals surface area contributed by atoms with Gasteiger partial charge in [0, 0.05) is 6.42 Å². The van der Waals surface area contributed by atoms with Crippen LogP contribution in [0.1, 0.15) is 290 Å². The Morgan fingerprint density at radius 2 is 0.737 bits per heavy atom. The van der Waals surface area contributed by atoms with Crippen LogP contribution in [0.25, 0.3) is 0 Å². The van der Waals surface area contributed by atoms with Crippen LogP contribution in [0, 0.1) is 0 Å². The van der Waals surface area contributed by atoms with Crippen molar-refractivity contribution in [1.29, 1.82) is 0 Å². The van der Waals surface area contributed by atoms with Gasteiger partial charge in [0.1, 0.15) is 48.8 Å². The van der Waals surface area contributed by atoms with E-state index in [-0.39, 0.29) is 18.9 Å². The molecule has 2 heterocycles. The van der Waals surface area contributed by atoms with Gasteiger partial charge in [-0.1, -0.05) is 309 Å². The lowest BCUT2D eigenvalue weighted by Crippen LogP contribution is -2.65. The number of allylic oxidation sites excluding steroid dienone is 19. The van der Waals surface area contributed by atoms with Gasteiger partial charge in [-0.25, -0.2) is 0 Å². The van der Waals surface area contributed by atoms with Crippen LogP contribution >= 0.6 is 0 Å². The van der Waals surface area contributed by atoms with Gasteiger partial charge in [0.25, 0.3) is 0 Å². The standard InChI is InChI=1S/C81H139NO13/c1-3-5-7-9-11-13-15-17-19-21-23-25-27-29-31-33-35-37-39-41-43-45-47-49-51-53-55-57-59-61-63-65-73(86)82-69(68-92-80-78(91)76(89)79(72(67-84)94-80)95-81-77(90)75(88)74(87)71(66-83)93-81)70(85)64-62-60-58-56-54-52-50-48-46-44-42-40-38-36-34-32-30-28-26-24-22-20-18-16-14-12-10-8-6-4-2/h5,7,11,13,17,19,23,25,29,31,35,37,41,43,47,49,54,56,62,64,69-72,74-81,83-85,87-91H,3-4,6,8-10,12,14-16,18,20-22,24,26-28,30,32-34,36,38-40,42,44-46,48,50-53,55,57-61,63,65-68H2,1-2H3,(H,82,86)/b7-5-,13-11-,19-17-,25-23-,31-29-,37-35-,43-41-,49-47-,56-54+,64-62+. The van der Waals surface area contributed by atoms with E-state index in [1.54, 1.807) is 6.08 Å². The molecule has 0 aliphatic carbocycles. The second kappa shape index (κ2) is 63.8. The Morgan fingerprint density at radius 1 is 0.389 bits per heavy atom. The maximum atomic E-state index is 13.4. The number of rotatable bonds is 62. The maximum Gasteiger partial charge on any atom is 0.220 e. The largest absolute Gasteiger partial charge is 0.394 e. The molecule has 0 bridgehead atoms. The SMILES string of the molecule is CC/C=C\C/C=C\C/C=C\C/C=C\C/C=C\C/C=C\C/C=C\C/C=C\CCCCCCCCC(=O)NC(COC1OC(CO)C(OC2OC(CO)C(O)C(O)C2O)C(O)C1O)C(O)/C=C/CC/C=C/CCCCCCCCCCCCCCCCCCCCCCCCCC. The summed E-state index contributed by atoms with van der Waals surface area (Å²) in [4.78, 5) is 13.4. The molecule has 2 fully saturated rings. The van der Waals surface area contributed by atoms with E-state index >= 15 is 0 Å². The Balaban J connectivity index is 1.68. The summed E-state index contributed by atoms with van der Waals surface area (Å²) in [6, 6.07) is -0.951. The molecule has 0 saturated carbocycles. The molecule has 2 saturated heterocycles. The van der Waals surface area contributed by atoms with Gasteiger partial charge in [0.2, 0.25) is 5.91 Å². The molecule has 0 spiro atoms. The summed E-state index contributed by atoms with van der Waals surface area (Å²) < 4.78 is 22.9. The Bertz CT molecular complexity index is 2060. The number of aliphatic hydroxyl groups excluding tert-OH is 8. The fourth-order valence-electron chi connectivity index (χ4n) is 11.9. The Hall–Kier alpha value is -3.61. The summed E-state index contributed by atoms with van der Waals surface area (Å²) >= 11 is 0. The molecule has 2 rings (SSSR count). The number of amides is 1. The maximum absolute atomic E-state index is 13.4. The smallest absolute Gasteiger partial charge is 0.220 e. The van der Waals surface area contributed by atoms with Gasteiger partial charge in [0.15, 0.2) is 12.6 Å². The zero-order chi connectivity index (χ0) is 68.7. The molecule has 12 unspecified atom stereocenters. The molecule has 2 aliphatic rings. The fourth-order valence-corrected chi connectivity index (χ4v) is 11.9. The van der Waals surface area contributed by atoms with Gasteiger partial charge in [-0.2, -0.15) is 0 Å². The summed E-state index contributed by atoms with van der Waals surface area (Å²) in [7, 11) is 0. The zero-order valence-corrected chi connectivity index (χ0v) is 59.6. The number of carbonyl (C=O) groups is 1. The minimum absolute atomic E-state index is 0.249. The number of hydrogen-bond donors (Lipinski definition) is 9. The van der Waals surface area contributed by atoms with Gasteiger partial charge in [-0.05, 0) is 96.3 Å². The second-order valence-electron chi connectivity index (χ2n) is 26.4. The molecular weight excluding hydrogens is 1190 g/mol. The zero-order valence-electron chi connectivity index (χ0n) is 59.6. The van der Waals surface area contributed by atoms with E-state index in [1.807, 2.05) is 6.08 Å². The van der Waals surface area contributed by atoms with Crippen LogP contribution < -0.4 is 5.32 Å². The third-order valence-corrected chi connectivity index (χ3v) is 17.9. The molecule has 95 heavy (non-hydrogen) atoms. The molecule has 0 aromatic rings. The first kappa shape index (κ1) is 87.5. The fraction of sp³-hybridized carbons (Fsp3) is 0.741. The summed E-state index contributed by atoms with van der Waals surface area (Å²) in [5, 5.41) is 87.6. The topological polar surface area (TPSA) is 228 Å². The third kappa shape index (κ3) is 47.1. The van der Waals surface area contributed by atoms with Gasteiger partial charge < -0.3 is 65.1 Å². The molecule has 12 atom stereocenters. The van der Waals surface area contributed by atoms with Gasteiger partial charge in [0.05, 0.1) is 32.0 Å². The lowest BCUT2D eigenvalue weighted by Gasteiger charge is -2.46. The summed E-state index contributed by atoms with van der Waals surface area (Å²) in [6.45, 7) is 2.68. The van der Waals surface area contributed by atoms with Crippen LogP contribution in [0.15, 0.2) is 122 Å². The molecule has 14 nitrogen and oxygen atoms in total. The highest BCUT2D eigenvalue weighted by Gasteiger charge is 2.51. The van der Waals surface area contributed by atoms with Crippen molar-refractivity contribution >= 4 is 5.91 Å². The van der Waals surface area contributed by atoms with E-state index < -0.39 is 86.8 Å². The number of nitrogens with one attached hydrogen (secondary N) is 1. The van der Waals surface area contributed by atoms with Gasteiger partial charge in [-0.15, -0.1) is 0 Å². The predicted molar refractivity (Wildman–Crippen MR) is 392 cm³/mol. The van der Waals surface area contributed by atoms with Crippen LogP contribution in [0.2, 0.25) is 0 Å². The minimum Gasteiger partial charge on any atom is -0.394 e. The first-order valence-electron chi connectivity index (χ1n) is 38.3. The molecule has 9 N–H and O–H groups in total. The lowest BCUT2D eigenvalue weighted by molar-refractivity contribution is -0.359. The molecule has 0 aromatic heterocycles. The van der Waals surface area contributed by atoms with Crippen LogP contribution in [0.4, 0.5) is 0 Å². The average molecular weight is 1330 g/mol. The number of ether oxygens (including phenoxy) is 4. The van der Waals surface area contributed by atoms with Crippen LogP contribution in [0.5, 0.6) is 0 Å². The van der Waals surface area contributed by atoms with E-state index in [1.165, 1.54) is 154 Å². The molecular formula is C81H139NO13. The quantitative estimate of drug-likeness (QED) is 0.0204. The van der Waals surface area contributed by atoms with E-state index in [4.69, 9.17) is 18.9 Å². The number of carbonyl (C=O) groups excluding carboxylic acids is 1. The van der Waals surface area contributed by atoms with Crippen LogP contribution in [0.3, 0.4) is 0 Å². The van der Waals surface area contributed by atoms with Crippen molar-refractivity contribution in [2.75, 3.05) is 19.8 Å². The minimum atomic E-state index is -1.80. The monoisotopic (exact) mass is 1330 g/mol. The van der Waals surface area contributed by atoms with E-state index in [0.717, 1.165) is 103 Å². The highest BCUT2D eigenvalue weighted by atomic mass is 16.7. The Labute approximate surface area is 578 Å². The summed E-state index contributed by atoms with van der Waals surface area (Å²) in [5.41, 5.74) is 0. The van der Waals surface area contributed by atoms with Crippen molar-refractivity contribution in [3.05, 3.63) is 122 Å². The predicted octanol–water partition coefficient (Wildman–Crippen LogP) is 16.8. The van der Waals surface area contributed by atoms with Crippen molar-refractivity contribution in [3.63, 3.8) is 0 Å². The average Bonchev–Trinajstić information content (AvgIpc) is 0.801. The van der Waals surface area contributed by atoms with Crippen molar-refractivity contribution in [3.8, 4) is 0 Å². The van der Waals surface area contributed by atoms with E-state index in [9.17, 15) is 45.6 Å². The molecule has 546 valence electrons. The number of hydrogen-bond acceptors (Lipinski definition) is 13. The molecule has 14 heteroatoms. The molecule has 0 aromatic carbocycles. The van der Waals surface area contributed by atoms with Crippen molar-refractivity contribution in [1.82, 2.24) is 5.32 Å². The second-order valence-corrected chi connectivity index (χ2v) is 26.4.